The Hall–Kier alpha value is -3.13. The maximum atomic E-state index is 12.2. The average Bonchev–Trinajstić information content (AvgIpc) is 3.25. The van der Waals surface area contributed by atoms with Crippen LogP contribution < -0.4 is 11.2 Å². The Kier molecular flexibility index (Phi) is 3.96. The normalized spacial score (nSPS) is 14.1. The molecule has 0 bridgehead atoms. The zero-order valence-electron chi connectivity index (χ0n) is 13.3. The monoisotopic (exact) mass is 413 g/mol. The second kappa shape index (κ2) is 6.30. The van der Waals surface area contributed by atoms with E-state index in [1.165, 1.54) is 12.3 Å². The van der Waals surface area contributed by atoms with E-state index in [9.17, 15) is 14.7 Å². The summed E-state index contributed by atoms with van der Waals surface area (Å²) in [5, 5.41) is 10.5. The highest BCUT2D eigenvalue weighted by molar-refractivity contribution is 9.10. The van der Waals surface area contributed by atoms with Gasteiger partial charge in [0.1, 0.15) is 11.3 Å². The van der Waals surface area contributed by atoms with Crippen molar-refractivity contribution in [2.75, 3.05) is 0 Å². The van der Waals surface area contributed by atoms with Crippen molar-refractivity contribution in [3.63, 3.8) is 0 Å². The number of aliphatic imine (C=N–C) groups is 1. The van der Waals surface area contributed by atoms with E-state index in [-0.39, 0.29) is 12.1 Å². The molecule has 3 heterocycles. The number of hydrogen-bond donors (Lipinski definition) is 2. The average molecular weight is 414 g/mol. The number of nitrogens with one attached hydrogen (secondary N) is 1. The largest absolute Gasteiger partial charge is 0.494 e. The summed E-state index contributed by atoms with van der Waals surface area (Å²) in [6, 6.07) is 8.94. The minimum atomic E-state index is -0.714. The Bertz CT molecular complexity index is 1170. The van der Waals surface area contributed by atoms with Gasteiger partial charge in [0.2, 0.25) is 5.88 Å². The van der Waals surface area contributed by atoms with Crippen LogP contribution in [0.4, 0.5) is 5.69 Å². The molecule has 2 aromatic heterocycles. The molecular formula is C18H12BrN3O4. The first-order valence-corrected chi connectivity index (χ1v) is 8.46. The molecule has 7 nitrogen and oxygen atoms in total. The van der Waals surface area contributed by atoms with Gasteiger partial charge in [0.05, 0.1) is 18.5 Å². The first-order valence-electron chi connectivity index (χ1n) is 7.67. The highest BCUT2D eigenvalue weighted by atomic mass is 79.9. The fourth-order valence-corrected chi connectivity index (χ4v) is 3.10. The van der Waals surface area contributed by atoms with E-state index in [0.29, 0.717) is 11.3 Å². The fraction of sp³-hybridized carbons (Fsp3) is 0.0556. The van der Waals surface area contributed by atoms with Crippen molar-refractivity contribution in [3.05, 3.63) is 78.8 Å². The molecule has 0 unspecified atom stereocenters. The summed E-state index contributed by atoms with van der Waals surface area (Å²) >= 11 is 3.41. The Balaban J connectivity index is 1.84. The number of H-pyrrole nitrogens is 1. The molecule has 1 aliphatic rings. The van der Waals surface area contributed by atoms with Crippen molar-refractivity contribution in [2.45, 2.75) is 6.54 Å². The van der Waals surface area contributed by atoms with Gasteiger partial charge >= 0.3 is 5.69 Å². The van der Waals surface area contributed by atoms with Crippen LogP contribution in [0.25, 0.3) is 11.6 Å². The van der Waals surface area contributed by atoms with Crippen molar-refractivity contribution in [3.8, 4) is 5.88 Å². The summed E-state index contributed by atoms with van der Waals surface area (Å²) in [5.74, 6) is 0.0456. The minimum Gasteiger partial charge on any atom is -0.494 e. The molecule has 0 saturated carbocycles. The molecule has 3 aromatic rings. The number of halogens is 1. The van der Waals surface area contributed by atoms with E-state index in [1.807, 2.05) is 18.2 Å². The fourth-order valence-electron chi connectivity index (χ4n) is 2.74. The van der Waals surface area contributed by atoms with Crippen molar-refractivity contribution >= 4 is 39.5 Å². The van der Waals surface area contributed by atoms with Crippen molar-refractivity contribution in [1.29, 1.82) is 0 Å². The molecule has 2 N–H and O–H groups in total. The Morgan fingerprint density at radius 3 is 2.92 bits per heavy atom. The molecule has 0 amide bonds. The lowest BCUT2D eigenvalue weighted by atomic mass is 10.1. The van der Waals surface area contributed by atoms with Gasteiger partial charge in [0.25, 0.3) is 5.56 Å². The van der Waals surface area contributed by atoms with Gasteiger partial charge in [-0.3, -0.25) is 19.3 Å². The molecule has 0 fully saturated rings. The Labute approximate surface area is 155 Å². The van der Waals surface area contributed by atoms with E-state index in [2.05, 4.69) is 25.9 Å². The van der Waals surface area contributed by atoms with E-state index in [1.54, 1.807) is 18.3 Å². The maximum absolute atomic E-state index is 12.2. The van der Waals surface area contributed by atoms with Gasteiger partial charge in [-0.1, -0.05) is 15.9 Å². The number of hydrogen-bond acceptors (Lipinski definition) is 5. The second-order valence-electron chi connectivity index (χ2n) is 5.68. The first-order chi connectivity index (χ1) is 12.5. The molecule has 26 heavy (non-hydrogen) atoms. The minimum absolute atomic E-state index is 0.000838. The van der Waals surface area contributed by atoms with Crippen LogP contribution in [0.2, 0.25) is 0 Å². The maximum Gasteiger partial charge on any atom is 0.331 e. The van der Waals surface area contributed by atoms with Crippen molar-refractivity contribution in [2.24, 2.45) is 4.99 Å². The topological polar surface area (TPSA) is 101 Å². The van der Waals surface area contributed by atoms with Crippen LogP contribution in [0.5, 0.6) is 5.88 Å². The molecule has 0 spiro atoms. The van der Waals surface area contributed by atoms with Crippen LogP contribution in [0.1, 0.15) is 16.9 Å². The molecule has 0 aliphatic carbocycles. The van der Waals surface area contributed by atoms with Gasteiger partial charge in [-0.25, -0.2) is 4.79 Å². The molecule has 1 aliphatic heterocycles. The first kappa shape index (κ1) is 16.3. The standard InChI is InChI=1S/C18H12BrN3O4/c19-11-3-4-15-13(7-11)10(8-20-15)6-14-16(23)21-18(25)22(17(14)24)9-12-2-1-5-26-12/h1-8,24H,9H2,(H,21,23,25). The van der Waals surface area contributed by atoms with E-state index in [0.717, 1.165) is 20.3 Å². The number of aromatic amines is 1. The van der Waals surface area contributed by atoms with Crippen LogP contribution in [-0.2, 0) is 6.54 Å². The summed E-state index contributed by atoms with van der Waals surface area (Å²) in [6.45, 7) is 0.000838. The van der Waals surface area contributed by atoms with Crippen molar-refractivity contribution < 1.29 is 9.52 Å². The van der Waals surface area contributed by atoms with Crippen molar-refractivity contribution in [1.82, 2.24) is 9.55 Å². The summed E-state index contributed by atoms with van der Waals surface area (Å²) in [7, 11) is 0. The highest BCUT2D eigenvalue weighted by Gasteiger charge is 2.17. The molecule has 0 radical (unpaired) electrons. The van der Waals surface area contributed by atoms with Crippen LogP contribution in [0.15, 0.2) is 60.1 Å². The third kappa shape index (κ3) is 2.84. The summed E-state index contributed by atoms with van der Waals surface area (Å²) < 4.78 is 7.12. The quantitative estimate of drug-likeness (QED) is 0.688. The van der Waals surface area contributed by atoms with Gasteiger partial charge in [-0.15, -0.1) is 0 Å². The van der Waals surface area contributed by atoms with Gasteiger partial charge in [-0.05, 0) is 36.4 Å². The summed E-state index contributed by atoms with van der Waals surface area (Å²) in [5.41, 5.74) is 0.832. The summed E-state index contributed by atoms with van der Waals surface area (Å²) in [4.78, 5) is 30.8. The third-order valence-electron chi connectivity index (χ3n) is 4.01. The van der Waals surface area contributed by atoms with Gasteiger partial charge in [-0.2, -0.15) is 0 Å². The Morgan fingerprint density at radius 1 is 1.31 bits per heavy atom. The molecule has 0 saturated heterocycles. The number of aromatic nitrogens is 2. The van der Waals surface area contributed by atoms with E-state index < -0.39 is 17.1 Å². The zero-order chi connectivity index (χ0) is 18.3. The molecule has 0 atom stereocenters. The number of benzene rings is 1. The predicted octanol–water partition coefficient (Wildman–Crippen LogP) is 2.90. The van der Waals surface area contributed by atoms with Gasteiger partial charge in [0, 0.05) is 21.8 Å². The molecular weight excluding hydrogens is 402 g/mol. The summed E-state index contributed by atoms with van der Waals surface area (Å²) in [6.07, 6.45) is 4.59. The number of aromatic hydroxyl groups is 1. The number of fused-ring (bicyclic) bond motifs is 1. The second-order valence-corrected chi connectivity index (χ2v) is 6.60. The molecule has 4 rings (SSSR count). The van der Waals surface area contributed by atoms with Crippen LogP contribution in [0.3, 0.4) is 0 Å². The van der Waals surface area contributed by atoms with Crippen LogP contribution in [0, 0.1) is 0 Å². The Morgan fingerprint density at radius 2 is 2.15 bits per heavy atom. The molecule has 130 valence electrons. The van der Waals surface area contributed by atoms with Gasteiger partial charge in [0.15, 0.2) is 0 Å². The smallest absolute Gasteiger partial charge is 0.331 e. The number of furan rings is 1. The SMILES string of the molecule is O=c1[nH]c(=O)n(Cc2ccco2)c(O)c1C=C1C=Nc2ccc(Br)cc21. The lowest BCUT2D eigenvalue weighted by Gasteiger charge is -2.09. The number of allylic oxidation sites excluding steroid dienone is 1. The molecule has 8 heteroatoms. The van der Waals surface area contributed by atoms with E-state index >= 15 is 0 Å². The van der Waals surface area contributed by atoms with E-state index in [4.69, 9.17) is 4.42 Å². The highest BCUT2D eigenvalue weighted by Crippen LogP contribution is 2.35. The number of nitrogens with zero attached hydrogens (tertiary/aromatic N) is 2. The molecule has 1 aromatic carbocycles. The lowest BCUT2D eigenvalue weighted by molar-refractivity contribution is 0.392. The lowest BCUT2D eigenvalue weighted by Crippen LogP contribution is -2.31. The van der Waals surface area contributed by atoms with Crippen LogP contribution >= 0.6 is 15.9 Å². The third-order valence-corrected chi connectivity index (χ3v) is 4.51. The van der Waals surface area contributed by atoms with Crippen LogP contribution in [-0.4, -0.2) is 20.9 Å². The number of rotatable bonds is 3. The zero-order valence-corrected chi connectivity index (χ0v) is 14.9. The van der Waals surface area contributed by atoms with Gasteiger partial charge < -0.3 is 9.52 Å². The predicted molar refractivity (Wildman–Crippen MR) is 101 cm³/mol.